The Morgan fingerprint density at radius 2 is 1.88 bits per heavy atom. The molecular formula is C18H15BrN2O3S. The smallest absolute Gasteiger partial charge is 0.261 e. The third-order valence-electron chi connectivity index (χ3n) is 3.51. The van der Waals surface area contributed by atoms with Crippen molar-refractivity contribution in [1.29, 1.82) is 0 Å². The lowest BCUT2D eigenvalue weighted by Crippen LogP contribution is -2.13. The zero-order chi connectivity index (χ0) is 17.8. The van der Waals surface area contributed by atoms with Gasteiger partial charge >= 0.3 is 0 Å². The van der Waals surface area contributed by atoms with E-state index in [1.54, 1.807) is 18.2 Å². The maximum Gasteiger partial charge on any atom is 0.261 e. The summed E-state index contributed by atoms with van der Waals surface area (Å²) in [6.45, 7) is 0. The Labute approximate surface area is 157 Å². The molecule has 0 aliphatic carbocycles. The summed E-state index contributed by atoms with van der Waals surface area (Å²) in [4.78, 5) is 17.0. The summed E-state index contributed by atoms with van der Waals surface area (Å²) >= 11 is 4.78. The fourth-order valence-corrected chi connectivity index (χ4v) is 3.29. The standard InChI is InChI=1S/C18H15BrN2O3S/c1-23-15-5-3-4-13(16(15)24-2)17(22)21-18-20-14(10-25-18)11-6-8-12(19)9-7-11/h3-10H,1-2H3,(H,20,21,22). The van der Waals surface area contributed by atoms with Crippen LogP contribution in [0.1, 0.15) is 10.4 Å². The summed E-state index contributed by atoms with van der Waals surface area (Å²) in [5.74, 6) is 0.601. The predicted octanol–water partition coefficient (Wildman–Crippen LogP) is 4.84. The molecule has 128 valence electrons. The number of anilines is 1. The number of carbonyl (C=O) groups excluding carboxylic acids is 1. The Balaban J connectivity index is 1.82. The number of amides is 1. The highest BCUT2D eigenvalue weighted by Crippen LogP contribution is 2.32. The lowest BCUT2D eigenvalue weighted by Gasteiger charge is -2.11. The van der Waals surface area contributed by atoms with Crippen LogP contribution in [0.2, 0.25) is 0 Å². The third kappa shape index (κ3) is 3.83. The molecule has 1 heterocycles. The molecule has 0 saturated heterocycles. The summed E-state index contributed by atoms with van der Waals surface area (Å²) in [6, 6.07) is 13.0. The van der Waals surface area contributed by atoms with Crippen molar-refractivity contribution in [3.05, 3.63) is 57.9 Å². The number of methoxy groups -OCH3 is 2. The van der Waals surface area contributed by atoms with Crippen LogP contribution in [0.3, 0.4) is 0 Å². The Morgan fingerprint density at radius 1 is 1.12 bits per heavy atom. The summed E-state index contributed by atoms with van der Waals surface area (Å²) in [6.07, 6.45) is 0. The van der Waals surface area contributed by atoms with Crippen LogP contribution >= 0.6 is 27.3 Å². The van der Waals surface area contributed by atoms with Crippen LogP contribution in [0, 0.1) is 0 Å². The maximum absolute atomic E-state index is 12.6. The first-order valence-electron chi connectivity index (χ1n) is 7.36. The minimum atomic E-state index is -0.299. The minimum Gasteiger partial charge on any atom is -0.493 e. The van der Waals surface area contributed by atoms with E-state index in [0.717, 1.165) is 15.7 Å². The van der Waals surface area contributed by atoms with Crippen LogP contribution < -0.4 is 14.8 Å². The van der Waals surface area contributed by atoms with Crippen molar-refractivity contribution < 1.29 is 14.3 Å². The van der Waals surface area contributed by atoms with Gasteiger partial charge in [-0.1, -0.05) is 34.1 Å². The van der Waals surface area contributed by atoms with Crippen LogP contribution in [0.15, 0.2) is 52.3 Å². The molecule has 25 heavy (non-hydrogen) atoms. The topological polar surface area (TPSA) is 60.5 Å². The fraction of sp³-hybridized carbons (Fsp3) is 0.111. The van der Waals surface area contributed by atoms with Gasteiger partial charge in [-0.15, -0.1) is 11.3 Å². The van der Waals surface area contributed by atoms with Crippen LogP contribution in [0.5, 0.6) is 11.5 Å². The summed E-state index contributed by atoms with van der Waals surface area (Å²) in [7, 11) is 3.04. The number of para-hydroxylation sites is 1. The zero-order valence-corrected chi connectivity index (χ0v) is 16.0. The first-order chi connectivity index (χ1) is 12.1. The maximum atomic E-state index is 12.6. The monoisotopic (exact) mass is 418 g/mol. The van der Waals surface area contributed by atoms with E-state index in [4.69, 9.17) is 9.47 Å². The molecule has 1 amide bonds. The average Bonchev–Trinajstić information content (AvgIpc) is 3.09. The Bertz CT molecular complexity index is 894. The SMILES string of the molecule is COc1cccc(C(=O)Nc2nc(-c3ccc(Br)cc3)cs2)c1OC. The van der Waals surface area contributed by atoms with Crippen LogP contribution in [-0.2, 0) is 0 Å². The van der Waals surface area contributed by atoms with Gasteiger partial charge in [0.05, 0.1) is 25.5 Å². The molecule has 0 fully saturated rings. The van der Waals surface area contributed by atoms with E-state index < -0.39 is 0 Å². The van der Waals surface area contributed by atoms with Gasteiger partial charge in [-0.25, -0.2) is 4.98 Å². The quantitative estimate of drug-likeness (QED) is 0.643. The second-order valence-electron chi connectivity index (χ2n) is 5.04. The van der Waals surface area contributed by atoms with E-state index in [2.05, 4.69) is 26.2 Å². The zero-order valence-electron chi connectivity index (χ0n) is 13.6. The summed E-state index contributed by atoms with van der Waals surface area (Å²) in [5.41, 5.74) is 2.19. The number of hydrogen-bond acceptors (Lipinski definition) is 5. The van der Waals surface area contributed by atoms with Gasteiger partial charge in [-0.05, 0) is 24.3 Å². The highest BCUT2D eigenvalue weighted by atomic mass is 79.9. The second kappa shape index (κ2) is 7.67. The molecule has 1 N–H and O–H groups in total. The first-order valence-corrected chi connectivity index (χ1v) is 9.03. The average molecular weight is 419 g/mol. The summed E-state index contributed by atoms with van der Waals surface area (Å²) < 4.78 is 11.5. The molecular weight excluding hydrogens is 404 g/mol. The lowest BCUT2D eigenvalue weighted by atomic mass is 10.1. The molecule has 3 aromatic rings. The normalized spacial score (nSPS) is 10.4. The third-order valence-corrected chi connectivity index (χ3v) is 4.80. The predicted molar refractivity (Wildman–Crippen MR) is 103 cm³/mol. The number of halogens is 1. The van der Waals surface area contributed by atoms with Crippen molar-refractivity contribution in [2.75, 3.05) is 19.5 Å². The first kappa shape index (κ1) is 17.4. The number of benzene rings is 2. The van der Waals surface area contributed by atoms with Gasteiger partial charge in [0.2, 0.25) is 0 Å². The molecule has 2 aromatic carbocycles. The molecule has 0 saturated carbocycles. The number of rotatable bonds is 5. The largest absolute Gasteiger partial charge is 0.493 e. The molecule has 0 bridgehead atoms. The molecule has 1 aromatic heterocycles. The number of nitrogens with one attached hydrogen (secondary N) is 1. The number of thiazole rings is 1. The molecule has 7 heteroatoms. The Morgan fingerprint density at radius 3 is 2.56 bits per heavy atom. The van der Waals surface area contributed by atoms with E-state index in [1.165, 1.54) is 25.6 Å². The van der Waals surface area contributed by atoms with Crippen molar-refractivity contribution in [2.45, 2.75) is 0 Å². The highest BCUT2D eigenvalue weighted by molar-refractivity contribution is 9.10. The molecule has 3 rings (SSSR count). The van der Waals surface area contributed by atoms with Gasteiger partial charge in [-0.2, -0.15) is 0 Å². The van der Waals surface area contributed by atoms with Gasteiger partial charge < -0.3 is 9.47 Å². The molecule has 0 aliphatic heterocycles. The minimum absolute atomic E-state index is 0.299. The number of nitrogens with zero attached hydrogens (tertiary/aromatic N) is 1. The van der Waals surface area contributed by atoms with E-state index in [1.807, 2.05) is 29.6 Å². The molecule has 0 atom stereocenters. The molecule has 0 radical (unpaired) electrons. The van der Waals surface area contributed by atoms with Crippen LogP contribution in [-0.4, -0.2) is 25.1 Å². The fourth-order valence-electron chi connectivity index (χ4n) is 2.31. The number of hydrogen-bond donors (Lipinski definition) is 1. The van der Waals surface area contributed by atoms with Gasteiger partial charge in [0.25, 0.3) is 5.91 Å². The molecule has 0 spiro atoms. The van der Waals surface area contributed by atoms with E-state index in [0.29, 0.717) is 22.2 Å². The van der Waals surface area contributed by atoms with E-state index in [-0.39, 0.29) is 5.91 Å². The van der Waals surface area contributed by atoms with Crippen molar-refractivity contribution in [1.82, 2.24) is 4.98 Å². The van der Waals surface area contributed by atoms with Crippen molar-refractivity contribution >= 4 is 38.3 Å². The van der Waals surface area contributed by atoms with Gasteiger partial charge in [0, 0.05) is 15.4 Å². The van der Waals surface area contributed by atoms with Crippen molar-refractivity contribution in [3.8, 4) is 22.8 Å². The van der Waals surface area contributed by atoms with Crippen molar-refractivity contribution in [3.63, 3.8) is 0 Å². The molecule has 5 nitrogen and oxygen atoms in total. The summed E-state index contributed by atoms with van der Waals surface area (Å²) in [5, 5.41) is 5.23. The van der Waals surface area contributed by atoms with Gasteiger partial charge in [0.15, 0.2) is 16.6 Å². The van der Waals surface area contributed by atoms with E-state index in [9.17, 15) is 4.79 Å². The highest BCUT2D eigenvalue weighted by Gasteiger charge is 2.17. The van der Waals surface area contributed by atoms with Crippen LogP contribution in [0.25, 0.3) is 11.3 Å². The van der Waals surface area contributed by atoms with E-state index >= 15 is 0 Å². The van der Waals surface area contributed by atoms with Crippen LogP contribution in [0.4, 0.5) is 5.13 Å². The molecule has 0 unspecified atom stereocenters. The Kier molecular flexibility index (Phi) is 5.35. The van der Waals surface area contributed by atoms with Gasteiger partial charge in [0.1, 0.15) is 0 Å². The second-order valence-corrected chi connectivity index (χ2v) is 6.81. The number of carbonyl (C=O) groups is 1. The van der Waals surface area contributed by atoms with Crippen molar-refractivity contribution in [2.24, 2.45) is 0 Å². The van der Waals surface area contributed by atoms with Gasteiger partial charge in [-0.3, -0.25) is 10.1 Å². The lowest BCUT2D eigenvalue weighted by molar-refractivity contribution is 0.102. The number of ether oxygens (including phenoxy) is 2. The Hall–Kier alpha value is -2.38. The molecule has 0 aliphatic rings. The number of aromatic nitrogens is 1.